The number of ether oxygens (including phenoxy) is 1. The Kier molecular flexibility index (Phi) is 3.61. The SMILES string of the molecule is CCc1c(F)c(F)c(OC)c(CC)c1F. The van der Waals surface area contributed by atoms with Crippen LogP contribution in [0.3, 0.4) is 0 Å². The molecule has 1 aromatic rings. The summed E-state index contributed by atoms with van der Waals surface area (Å²) in [5, 5.41) is 0. The van der Waals surface area contributed by atoms with Crippen molar-refractivity contribution in [3.05, 3.63) is 28.6 Å². The Morgan fingerprint density at radius 3 is 1.80 bits per heavy atom. The zero-order valence-corrected chi connectivity index (χ0v) is 8.96. The molecule has 0 aliphatic heterocycles. The molecule has 0 aliphatic carbocycles. The van der Waals surface area contributed by atoms with Crippen LogP contribution in [0.15, 0.2) is 0 Å². The highest BCUT2D eigenvalue weighted by molar-refractivity contribution is 5.41. The van der Waals surface area contributed by atoms with Gasteiger partial charge >= 0.3 is 0 Å². The topological polar surface area (TPSA) is 9.23 Å². The lowest BCUT2D eigenvalue weighted by Gasteiger charge is -2.13. The maximum Gasteiger partial charge on any atom is 0.201 e. The molecule has 0 saturated carbocycles. The summed E-state index contributed by atoms with van der Waals surface area (Å²) < 4.78 is 45.1. The summed E-state index contributed by atoms with van der Waals surface area (Å²) in [7, 11) is 1.20. The molecule has 0 bridgehead atoms. The molecule has 84 valence electrons. The lowest BCUT2D eigenvalue weighted by atomic mass is 10.0. The van der Waals surface area contributed by atoms with Crippen molar-refractivity contribution >= 4 is 0 Å². The van der Waals surface area contributed by atoms with Gasteiger partial charge in [0.15, 0.2) is 11.6 Å². The fourth-order valence-corrected chi connectivity index (χ4v) is 1.58. The van der Waals surface area contributed by atoms with Crippen molar-refractivity contribution < 1.29 is 17.9 Å². The van der Waals surface area contributed by atoms with Gasteiger partial charge in [-0.05, 0) is 12.8 Å². The monoisotopic (exact) mass is 218 g/mol. The van der Waals surface area contributed by atoms with Gasteiger partial charge in [-0.25, -0.2) is 8.78 Å². The fourth-order valence-electron chi connectivity index (χ4n) is 1.58. The summed E-state index contributed by atoms with van der Waals surface area (Å²) in [5.74, 6) is -3.28. The maximum absolute atomic E-state index is 13.7. The van der Waals surface area contributed by atoms with Crippen LogP contribution < -0.4 is 4.74 Å². The van der Waals surface area contributed by atoms with Gasteiger partial charge in [-0.15, -0.1) is 0 Å². The van der Waals surface area contributed by atoms with Crippen LogP contribution in [0, 0.1) is 17.5 Å². The van der Waals surface area contributed by atoms with E-state index in [2.05, 4.69) is 4.74 Å². The van der Waals surface area contributed by atoms with Crippen LogP contribution in [-0.4, -0.2) is 7.11 Å². The highest BCUT2D eigenvalue weighted by atomic mass is 19.2. The Morgan fingerprint density at radius 1 is 0.867 bits per heavy atom. The third-order valence-corrected chi connectivity index (χ3v) is 2.37. The van der Waals surface area contributed by atoms with E-state index in [1.54, 1.807) is 13.8 Å². The summed E-state index contributed by atoms with van der Waals surface area (Å²) >= 11 is 0. The zero-order valence-electron chi connectivity index (χ0n) is 8.96. The van der Waals surface area contributed by atoms with E-state index in [1.165, 1.54) is 7.11 Å². The summed E-state index contributed by atoms with van der Waals surface area (Å²) in [6, 6.07) is 0. The Balaban J connectivity index is 3.57. The van der Waals surface area contributed by atoms with E-state index < -0.39 is 17.5 Å². The molecular weight excluding hydrogens is 205 g/mol. The first-order valence-corrected chi connectivity index (χ1v) is 4.80. The lowest BCUT2D eigenvalue weighted by molar-refractivity contribution is 0.357. The molecule has 4 heteroatoms. The molecule has 0 saturated heterocycles. The summed E-state index contributed by atoms with van der Waals surface area (Å²) in [6.07, 6.45) is 0.380. The molecular formula is C11H13F3O. The zero-order chi connectivity index (χ0) is 11.6. The highest BCUT2D eigenvalue weighted by Gasteiger charge is 2.23. The molecule has 0 aliphatic rings. The lowest BCUT2D eigenvalue weighted by Crippen LogP contribution is -2.06. The van der Waals surface area contributed by atoms with E-state index in [0.29, 0.717) is 0 Å². The molecule has 0 aromatic heterocycles. The predicted octanol–water partition coefficient (Wildman–Crippen LogP) is 3.24. The second-order valence-electron chi connectivity index (χ2n) is 3.14. The minimum atomic E-state index is -1.15. The van der Waals surface area contributed by atoms with Crippen LogP contribution in [0.1, 0.15) is 25.0 Å². The predicted molar refractivity (Wildman–Crippen MR) is 51.6 cm³/mol. The van der Waals surface area contributed by atoms with Gasteiger partial charge < -0.3 is 4.74 Å². The van der Waals surface area contributed by atoms with Gasteiger partial charge in [-0.2, -0.15) is 4.39 Å². The van der Waals surface area contributed by atoms with E-state index in [9.17, 15) is 13.2 Å². The molecule has 1 rings (SSSR count). The fraction of sp³-hybridized carbons (Fsp3) is 0.455. The van der Waals surface area contributed by atoms with Gasteiger partial charge in [0.1, 0.15) is 5.82 Å². The average molecular weight is 218 g/mol. The number of hydrogen-bond donors (Lipinski definition) is 0. The van der Waals surface area contributed by atoms with Crippen LogP contribution in [0.4, 0.5) is 13.2 Å². The van der Waals surface area contributed by atoms with Crippen LogP contribution in [-0.2, 0) is 12.8 Å². The number of methoxy groups -OCH3 is 1. The van der Waals surface area contributed by atoms with Gasteiger partial charge in [-0.3, -0.25) is 0 Å². The highest BCUT2D eigenvalue weighted by Crippen LogP contribution is 2.31. The second kappa shape index (κ2) is 4.55. The first-order chi connectivity index (χ1) is 7.08. The molecule has 0 atom stereocenters. The first kappa shape index (κ1) is 11.9. The van der Waals surface area contributed by atoms with Crippen LogP contribution in [0.5, 0.6) is 5.75 Å². The van der Waals surface area contributed by atoms with Crippen molar-refractivity contribution in [2.24, 2.45) is 0 Å². The summed E-state index contributed by atoms with van der Waals surface area (Å²) in [6.45, 7) is 3.24. The van der Waals surface area contributed by atoms with Gasteiger partial charge in [0.05, 0.1) is 7.11 Å². The van der Waals surface area contributed by atoms with E-state index in [-0.39, 0.29) is 29.7 Å². The third-order valence-electron chi connectivity index (χ3n) is 2.37. The molecule has 0 fully saturated rings. The van der Waals surface area contributed by atoms with Crippen LogP contribution >= 0.6 is 0 Å². The molecule has 0 amide bonds. The molecule has 0 spiro atoms. The van der Waals surface area contributed by atoms with Crippen molar-refractivity contribution in [1.29, 1.82) is 0 Å². The molecule has 1 aromatic carbocycles. The Bertz CT molecular complexity index is 375. The Labute approximate surface area is 86.9 Å². The Morgan fingerprint density at radius 2 is 1.40 bits per heavy atom. The van der Waals surface area contributed by atoms with Crippen LogP contribution in [0.25, 0.3) is 0 Å². The molecule has 0 N–H and O–H groups in total. The van der Waals surface area contributed by atoms with E-state index in [4.69, 9.17) is 0 Å². The normalized spacial score (nSPS) is 10.5. The van der Waals surface area contributed by atoms with Crippen molar-refractivity contribution in [2.75, 3.05) is 7.11 Å². The number of hydrogen-bond acceptors (Lipinski definition) is 1. The molecule has 0 unspecified atom stereocenters. The number of benzene rings is 1. The van der Waals surface area contributed by atoms with Gasteiger partial charge in [0.25, 0.3) is 0 Å². The molecule has 1 nitrogen and oxygen atoms in total. The van der Waals surface area contributed by atoms with Gasteiger partial charge in [0, 0.05) is 11.1 Å². The van der Waals surface area contributed by atoms with Gasteiger partial charge in [-0.1, -0.05) is 13.8 Å². The molecule has 15 heavy (non-hydrogen) atoms. The van der Waals surface area contributed by atoms with Crippen molar-refractivity contribution in [1.82, 2.24) is 0 Å². The number of halogens is 3. The minimum absolute atomic E-state index is 0.0910. The van der Waals surface area contributed by atoms with E-state index >= 15 is 0 Å². The average Bonchev–Trinajstić information content (AvgIpc) is 2.23. The first-order valence-electron chi connectivity index (χ1n) is 4.80. The molecule has 0 radical (unpaired) electrons. The molecule has 0 heterocycles. The van der Waals surface area contributed by atoms with Crippen LogP contribution in [0.2, 0.25) is 0 Å². The van der Waals surface area contributed by atoms with Crippen molar-refractivity contribution in [3.63, 3.8) is 0 Å². The quantitative estimate of drug-likeness (QED) is 0.708. The standard InChI is InChI=1S/C11H13F3O/c1-4-6-8(12)7(5-2)11(15-3)10(14)9(6)13/h4-5H2,1-3H3. The summed E-state index contributed by atoms with van der Waals surface area (Å²) in [4.78, 5) is 0. The van der Waals surface area contributed by atoms with E-state index in [0.717, 1.165) is 0 Å². The Hall–Kier alpha value is -1.19. The minimum Gasteiger partial charge on any atom is -0.493 e. The largest absolute Gasteiger partial charge is 0.493 e. The maximum atomic E-state index is 13.7. The number of rotatable bonds is 3. The van der Waals surface area contributed by atoms with E-state index in [1.807, 2.05) is 0 Å². The third kappa shape index (κ3) is 1.80. The van der Waals surface area contributed by atoms with Gasteiger partial charge in [0.2, 0.25) is 5.82 Å². The summed E-state index contributed by atoms with van der Waals surface area (Å²) in [5.41, 5.74) is -0.126. The smallest absolute Gasteiger partial charge is 0.201 e. The van der Waals surface area contributed by atoms with Crippen molar-refractivity contribution in [2.45, 2.75) is 26.7 Å². The van der Waals surface area contributed by atoms with Crippen molar-refractivity contribution in [3.8, 4) is 5.75 Å². The second-order valence-corrected chi connectivity index (χ2v) is 3.14.